The maximum absolute atomic E-state index is 12.9. The maximum Gasteiger partial charge on any atom is 0.196 e. The number of hydrogen-bond donors (Lipinski definition) is 5. The van der Waals surface area contributed by atoms with Crippen molar-refractivity contribution in [1.29, 1.82) is 0 Å². The van der Waals surface area contributed by atoms with E-state index < -0.39 is 0 Å². The van der Waals surface area contributed by atoms with Crippen molar-refractivity contribution in [2.75, 3.05) is 42.7 Å². The molecule has 2 aromatic carbocycles. The molecule has 0 radical (unpaired) electrons. The van der Waals surface area contributed by atoms with Gasteiger partial charge in [-0.2, -0.15) is 0 Å². The quantitative estimate of drug-likeness (QED) is 0.410. The van der Waals surface area contributed by atoms with Crippen LogP contribution in [0.1, 0.15) is 31.8 Å². The molecule has 0 heterocycles. The highest BCUT2D eigenvalue weighted by molar-refractivity contribution is 6.32. The van der Waals surface area contributed by atoms with Crippen molar-refractivity contribution in [3.05, 3.63) is 52.6 Å². The molecule has 0 saturated carbocycles. The normalized spacial score (nSPS) is 12.1. The Kier molecular flexibility index (Phi) is 6.20. The van der Waals surface area contributed by atoms with Crippen LogP contribution in [0.4, 0.5) is 17.1 Å². The van der Waals surface area contributed by atoms with E-state index in [4.69, 9.17) is 15.9 Å². The monoisotopic (exact) mass is 377 g/mol. The third kappa shape index (κ3) is 3.24. The number of rotatable bonds is 6. The van der Waals surface area contributed by atoms with Gasteiger partial charge in [0.05, 0.1) is 35.7 Å². The second kappa shape index (κ2) is 8.18. The van der Waals surface area contributed by atoms with Crippen LogP contribution in [0.3, 0.4) is 0 Å². The summed E-state index contributed by atoms with van der Waals surface area (Å²) in [4.78, 5) is 25.9. The van der Waals surface area contributed by atoms with Crippen molar-refractivity contribution < 1.29 is 19.8 Å². The van der Waals surface area contributed by atoms with E-state index in [1.54, 1.807) is 30.3 Å². The van der Waals surface area contributed by atoms with Crippen LogP contribution in [0.5, 0.6) is 0 Å². The molecule has 0 aliphatic heterocycles. The smallest absolute Gasteiger partial charge is 0.196 e. The number of hydrogen-bond acceptors (Lipinski definition) is 7. The highest BCUT2D eigenvalue weighted by Gasteiger charge is 2.34. The summed E-state index contributed by atoms with van der Waals surface area (Å²) < 4.78 is 0. The van der Waals surface area contributed by atoms with Gasteiger partial charge in [-0.1, -0.05) is 24.3 Å². The first-order chi connectivity index (χ1) is 12.1. The molecule has 0 aromatic heterocycles. The Bertz CT molecular complexity index is 855. The molecule has 0 spiro atoms. The third-order valence-corrected chi connectivity index (χ3v) is 4.09. The van der Waals surface area contributed by atoms with Crippen molar-refractivity contribution >= 4 is 41.0 Å². The van der Waals surface area contributed by atoms with E-state index in [-0.39, 0.29) is 67.1 Å². The molecule has 0 bridgehead atoms. The molecule has 0 fully saturated rings. The molecule has 7 nitrogen and oxygen atoms in total. The maximum atomic E-state index is 12.9. The lowest BCUT2D eigenvalue weighted by molar-refractivity contribution is 0.0980. The van der Waals surface area contributed by atoms with Crippen LogP contribution in [-0.4, -0.2) is 48.1 Å². The van der Waals surface area contributed by atoms with Gasteiger partial charge in [0, 0.05) is 29.9 Å². The van der Waals surface area contributed by atoms with Gasteiger partial charge in [-0.15, -0.1) is 12.4 Å². The number of nitrogens with two attached hydrogens (primary N) is 1. The van der Waals surface area contributed by atoms with E-state index in [0.717, 1.165) is 0 Å². The predicted molar refractivity (Wildman–Crippen MR) is 103 cm³/mol. The summed E-state index contributed by atoms with van der Waals surface area (Å²) in [7, 11) is 0. The number of aliphatic hydroxyl groups is 2. The zero-order valence-corrected chi connectivity index (χ0v) is 14.7. The second-order valence-corrected chi connectivity index (χ2v) is 5.64. The first-order valence-corrected chi connectivity index (χ1v) is 7.94. The van der Waals surface area contributed by atoms with Crippen molar-refractivity contribution in [3.63, 3.8) is 0 Å². The lowest BCUT2D eigenvalue weighted by Crippen LogP contribution is -2.25. The Morgan fingerprint density at radius 3 is 1.88 bits per heavy atom. The molecular formula is C18H20ClN3O4. The van der Waals surface area contributed by atoms with Gasteiger partial charge in [0.1, 0.15) is 0 Å². The molecule has 8 heteroatoms. The molecule has 1 aliphatic carbocycles. The van der Waals surface area contributed by atoms with Crippen LogP contribution in [-0.2, 0) is 0 Å². The number of nitrogens with one attached hydrogen (secondary N) is 2. The van der Waals surface area contributed by atoms with Gasteiger partial charge < -0.3 is 26.6 Å². The SMILES string of the molecule is Cl.Nc1c(NCCO)cc(NCCO)c2c1C(=O)c1ccccc1C2=O. The molecular weight excluding hydrogens is 358 g/mol. The number of aliphatic hydroxyl groups excluding tert-OH is 2. The number of halogens is 1. The number of anilines is 3. The fraction of sp³-hybridized carbons (Fsp3) is 0.222. The minimum atomic E-state index is -0.317. The van der Waals surface area contributed by atoms with Gasteiger partial charge >= 0.3 is 0 Å². The van der Waals surface area contributed by atoms with Crippen molar-refractivity contribution in [3.8, 4) is 0 Å². The average Bonchev–Trinajstić information content (AvgIpc) is 2.63. The van der Waals surface area contributed by atoms with Gasteiger partial charge in [0.15, 0.2) is 11.6 Å². The number of carbonyl (C=O) groups excluding carboxylic acids is 2. The Labute approximate surface area is 156 Å². The van der Waals surface area contributed by atoms with Crippen LogP contribution in [0.15, 0.2) is 30.3 Å². The summed E-state index contributed by atoms with van der Waals surface area (Å²) in [5.74, 6) is -0.603. The van der Waals surface area contributed by atoms with Crippen LogP contribution < -0.4 is 16.4 Å². The van der Waals surface area contributed by atoms with Crippen molar-refractivity contribution in [2.24, 2.45) is 0 Å². The fourth-order valence-corrected chi connectivity index (χ4v) is 2.99. The third-order valence-electron chi connectivity index (χ3n) is 4.09. The van der Waals surface area contributed by atoms with Crippen LogP contribution >= 0.6 is 12.4 Å². The van der Waals surface area contributed by atoms with E-state index in [2.05, 4.69) is 10.6 Å². The minimum Gasteiger partial charge on any atom is -0.396 e. The Balaban J connectivity index is 0.00000243. The number of ketones is 2. The number of fused-ring (bicyclic) bond motifs is 2. The first-order valence-electron chi connectivity index (χ1n) is 7.94. The van der Waals surface area contributed by atoms with Gasteiger partial charge in [-0.3, -0.25) is 9.59 Å². The zero-order chi connectivity index (χ0) is 18.0. The molecule has 6 N–H and O–H groups in total. The molecule has 0 saturated heterocycles. The largest absolute Gasteiger partial charge is 0.396 e. The first kappa shape index (κ1) is 19.7. The molecule has 26 heavy (non-hydrogen) atoms. The Morgan fingerprint density at radius 2 is 1.35 bits per heavy atom. The molecule has 0 amide bonds. The average molecular weight is 378 g/mol. The fourth-order valence-electron chi connectivity index (χ4n) is 2.99. The molecule has 138 valence electrons. The molecule has 3 rings (SSSR count). The number of nitrogen functional groups attached to an aromatic ring is 1. The van der Waals surface area contributed by atoms with Gasteiger partial charge in [-0.05, 0) is 6.07 Å². The molecule has 2 aromatic rings. The zero-order valence-electron chi connectivity index (χ0n) is 13.9. The summed E-state index contributed by atoms with van der Waals surface area (Å²) in [5.41, 5.74) is 8.22. The van der Waals surface area contributed by atoms with E-state index in [9.17, 15) is 9.59 Å². The van der Waals surface area contributed by atoms with Crippen LogP contribution in [0.25, 0.3) is 0 Å². The standard InChI is InChI=1S/C18H19N3O4.ClH/c19-16-13(21-6-8-23)9-12(20-5-7-22)14-15(16)18(25)11-4-2-1-3-10(11)17(14)24;/h1-4,9,20-23H,5-8,19H2;1H. The topological polar surface area (TPSA) is 125 Å². The van der Waals surface area contributed by atoms with E-state index in [0.29, 0.717) is 22.5 Å². The van der Waals surface area contributed by atoms with Gasteiger partial charge in [0.25, 0.3) is 0 Å². The van der Waals surface area contributed by atoms with Crippen molar-refractivity contribution in [2.45, 2.75) is 0 Å². The number of benzene rings is 2. The highest BCUT2D eigenvalue weighted by atomic mass is 35.5. The minimum absolute atomic E-state index is 0. The lowest BCUT2D eigenvalue weighted by Gasteiger charge is -2.24. The predicted octanol–water partition coefficient (Wildman–Crippen LogP) is 1.27. The Hall–Kier alpha value is -2.61. The van der Waals surface area contributed by atoms with E-state index in [1.165, 1.54) is 0 Å². The summed E-state index contributed by atoms with van der Waals surface area (Å²) in [6.45, 7) is 0.239. The number of carbonyl (C=O) groups is 2. The van der Waals surface area contributed by atoms with Gasteiger partial charge in [-0.25, -0.2) is 0 Å². The summed E-state index contributed by atoms with van der Waals surface area (Å²) in [6, 6.07) is 8.24. The molecule has 0 atom stereocenters. The van der Waals surface area contributed by atoms with Crippen LogP contribution in [0.2, 0.25) is 0 Å². The summed E-state index contributed by atoms with van der Waals surface area (Å²) in [5, 5.41) is 24.0. The Morgan fingerprint density at radius 1 is 0.846 bits per heavy atom. The summed E-state index contributed by atoms with van der Waals surface area (Å²) in [6.07, 6.45) is 0. The van der Waals surface area contributed by atoms with Crippen molar-refractivity contribution in [1.82, 2.24) is 0 Å². The van der Waals surface area contributed by atoms with E-state index in [1.807, 2.05) is 0 Å². The van der Waals surface area contributed by atoms with Gasteiger partial charge in [0.2, 0.25) is 0 Å². The molecule has 0 unspecified atom stereocenters. The lowest BCUT2D eigenvalue weighted by atomic mass is 9.82. The molecule has 1 aliphatic rings. The van der Waals surface area contributed by atoms with E-state index >= 15 is 0 Å². The second-order valence-electron chi connectivity index (χ2n) is 5.64. The van der Waals surface area contributed by atoms with Crippen LogP contribution in [0, 0.1) is 0 Å². The highest BCUT2D eigenvalue weighted by Crippen LogP contribution is 2.39. The summed E-state index contributed by atoms with van der Waals surface area (Å²) >= 11 is 0.